The van der Waals surface area contributed by atoms with Gasteiger partial charge < -0.3 is 15.2 Å². The summed E-state index contributed by atoms with van der Waals surface area (Å²) in [6.45, 7) is 3.25. The molecule has 98 valence electrons. The molecule has 0 aromatic heterocycles. The lowest BCUT2D eigenvalue weighted by Gasteiger charge is -2.25. The Balaban J connectivity index is 2.08. The molecule has 0 unspecified atom stereocenters. The first-order valence-corrected chi connectivity index (χ1v) is 6.44. The molecule has 0 spiro atoms. The zero-order chi connectivity index (χ0) is 13.0. The van der Waals surface area contributed by atoms with Gasteiger partial charge in [-0.15, -0.1) is 0 Å². The predicted octanol–water partition coefficient (Wildman–Crippen LogP) is 2.55. The van der Waals surface area contributed by atoms with Crippen LogP contribution < -0.4 is 15.2 Å². The molecular formula is C14H20N2O2. The number of hydrogen-bond donors (Lipinski definition) is 2. The second-order valence-corrected chi connectivity index (χ2v) is 4.62. The first kappa shape index (κ1) is 12.7. The molecule has 1 aliphatic rings. The lowest BCUT2D eigenvalue weighted by atomic mass is 9.86. The average molecular weight is 248 g/mol. The number of rotatable bonds is 6. The van der Waals surface area contributed by atoms with Crippen LogP contribution in [-0.2, 0) is 0 Å². The van der Waals surface area contributed by atoms with Crippen LogP contribution in [-0.4, -0.2) is 19.0 Å². The fraction of sp³-hybridized carbons (Fsp3) is 0.500. The van der Waals surface area contributed by atoms with Crippen LogP contribution in [0.1, 0.15) is 31.7 Å². The first-order chi connectivity index (χ1) is 8.70. The normalized spacial score (nSPS) is 14.9. The molecule has 1 fully saturated rings. The molecule has 2 rings (SSSR count). The Bertz CT molecular complexity index is 428. The van der Waals surface area contributed by atoms with Crippen molar-refractivity contribution in [3.63, 3.8) is 0 Å². The summed E-state index contributed by atoms with van der Waals surface area (Å²) in [6.07, 6.45) is 3.83. The second-order valence-electron chi connectivity index (χ2n) is 4.62. The van der Waals surface area contributed by atoms with E-state index in [4.69, 9.17) is 20.6 Å². The van der Waals surface area contributed by atoms with Crippen LogP contribution in [0.3, 0.4) is 0 Å². The smallest absolute Gasteiger partial charge is 0.161 e. The quantitative estimate of drug-likeness (QED) is 0.600. The molecule has 0 bridgehead atoms. The maximum atomic E-state index is 7.43. The van der Waals surface area contributed by atoms with Gasteiger partial charge in [-0.25, -0.2) is 0 Å². The van der Waals surface area contributed by atoms with Gasteiger partial charge in [0, 0.05) is 5.56 Å². The maximum absolute atomic E-state index is 7.43. The summed E-state index contributed by atoms with van der Waals surface area (Å²) in [5.74, 6) is 2.15. The maximum Gasteiger partial charge on any atom is 0.161 e. The molecule has 4 nitrogen and oxygen atoms in total. The van der Waals surface area contributed by atoms with Crippen LogP contribution in [0.4, 0.5) is 0 Å². The van der Waals surface area contributed by atoms with Gasteiger partial charge in [-0.05, 0) is 43.9 Å². The van der Waals surface area contributed by atoms with Gasteiger partial charge in [0.15, 0.2) is 11.5 Å². The van der Waals surface area contributed by atoms with Crippen molar-refractivity contribution in [3.8, 4) is 11.5 Å². The van der Waals surface area contributed by atoms with Crippen molar-refractivity contribution >= 4 is 5.84 Å². The van der Waals surface area contributed by atoms with Crippen molar-refractivity contribution in [2.45, 2.75) is 26.2 Å². The molecule has 3 N–H and O–H groups in total. The molecule has 1 aromatic carbocycles. The van der Waals surface area contributed by atoms with Crippen molar-refractivity contribution in [1.29, 1.82) is 5.41 Å². The summed E-state index contributed by atoms with van der Waals surface area (Å²) in [4.78, 5) is 0. The number of nitrogens with two attached hydrogens (primary N) is 1. The monoisotopic (exact) mass is 248 g/mol. The van der Waals surface area contributed by atoms with E-state index in [0.29, 0.717) is 23.8 Å². The molecule has 4 heteroatoms. The topological polar surface area (TPSA) is 68.3 Å². The van der Waals surface area contributed by atoms with Gasteiger partial charge in [0.25, 0.3) is 0 Å². The van der Waals surface area contributed by atoms with E-state index in [1.807, 2.05) is 13.0 Å². The Kier molecular flexibility index (Phi) is 4.07. The van der Waals surface area contributed by atoms with Gasteiger partial charge in [-0.3, -0.25) is 5.41 Å². The van der Waals surface area contributed by atoms with Gasteiger partial charge in [0.2, 0.25) is 0 Å². The van der Waals surface area contributed by atoms with Gasteiger partial charge in [0.1, 0.15) is 5.84 Å². The summed E-state index contributed by atoms with van der Waals surface area (Å²) >= 11 is 0. The molecule has 0 saturated heterocycles. The summed E-state index contributed by atoms with van der Waals surface area (Å²) in [5, 5.41) is 7.43. The molecule has 1 aliphatic carbocycles. The van der Waals surface area contributed by atoms with Crippen molar-refractivity contribution in [3.05, 3.63) is 23.8 Å². The number of ether oxygens (including phenoxy) is 2. The summed E-state index contributed by atoms with van der Waals surface area (Å²) in [7, 11) is 0. The van der Waals surface area contributed by atoms with E-state index >= 15 is 0 Å². The molecule has 0 atom stereocenters. The fourth-order valence-corrected chi connectivity index (χ4v) is 1.93. The molecule has 0 heterocycles. The molecular weight excluding hydrogens is 228 g/mol. The van der Waals surface area contributed by atoms with E-state index in [1.54, 1.807) is 12.1 Å². The Morgan fingerprint density at radius 2 is 2.11 bits per heavy atom. The molecule has 0 aliphatic heterocycles. The van der Waals surface area contributed by atoms with Gasteiger partial charge in [0.05, 0.1) is 13.2 Å². The van der Waals surface area contributed by atoms with Crippen molar-refractivity contribution in [1.82, 2.24) is 0 Å². The summed E-state index contributed by atoms with van der Waals surface area (Å²) in [6, 6.07) is 5.39. The molecule has 0 amide bonds. The zero-order valence-corrected chi connectivity index (χ0v) is 10.7. The molecule has 0 radical (unpaired) electrons. The number of hydrogen-bond acceptors (Lipinski definition) is 3. The van der Waals surface area contributed by atoms with Gasteiger partial charge >= 0.3 is 0 Å². The molecule has 18 heavy (non-hydrogen) atoms. The minimum absolute atomic E-state index is 0.0431. The fourth-order valence-electron chi connectivity index (χ4n) is 1.93. The highest BCUT2D eigenvalue weighted by Crippen LogP contribution is 2.31. The van der Waals surface area contributed by atoms with E-state index in [2.05, 4.69) is 0 Å². The third-order valence-corrected chi connectivity index (χ3v) is 3.25. The highest BCUT2D eigenvalue weighted by Gasteiger charge is 2.19. The van der Waals surface area contributed by atoms with E-state index in [0.717, 1.165) is 12.4 Å². The summed E-state index contributed by atoms with van der Waals surface area (Å²) in [5.41, 5.74) is 6.13. The average Bonchev–Trinajstić information content (AvgIpc) is 2.29. The largest absolute Gasteiger partial charge is 0.490 e. The van der Waals surface area contributed by atoms with Crippen molar-refractivity contribution in [2.24, 2.45) is 11.7 Å². The van der Waals surface area contributed by atoms with Gasteiger partial charge in [-0.1, -0.05) is 6.42 Å². The lowest BCUT2D eigenvalue weighted by Crippen LogP contribution is -2.19. The van der Waals surface area contributed by atoms with Crippen LogP contribution in [0.15, 0.2) is 18.2 Å². The number of nitrogens with one attached hydrogen (secondary N) is 1. The molecule has 1 aromatic rings. The second kappa shape index (κ2) is 5.76. The highest BCUT2D eigenvalue weighted by atomic mass is 16.5. The highest BCUT2D eigenvalue weighted by molar-refractivity contribution is 5.95. The van der Waals surface area contributed by atoms with Crippen LogP contribution in [0.2, 0.25) is 0 Å². The SMILES string of the molecule is CCOc1cc(C(=N)N)ccc1OCC1CCC1. The Morgan fingerprint density at radius 1 is 1.33 bits per heavy atom. The third kappa shape index (κ3) is 2.94. The van der Waals surface area contributed by atoms with E-state index < -0.39 is 0 Å². The van der Waals surface area contributed by atoms with E-state index in [-0.39, 0.29) is 5.84 Å². The Hall–Kier alpha value is -1.71. The standard InChI is InChI=1S/C14H20N2O2/c1-2-17-13-8-11(14(15)16)6-7-12(13)18-9-10-4-3-5-10/h6-8,10H,2-5,9H2,1H3,(H3,15,16). The van der Waals surface area contributed by atoms with Crippen LogP contribution >= 0.6 is 0 Å². The minimum atomic E-state index is 0.0431. The van der Waals surface area contributed by atoms with Crippen LogP contribution in [0, 0.1) is 11.3 Å². The van der Waals surface area contributed by atoms with Crippen LogP contribution in [0.25, 0.3) is 0 Å². The lowest BCUT2D eigenvalue weighted by molar-refractivity contribution is 0.174. The summed E-state index contributed by atoms with van der Waals surface area (Å²) < 4.78 is 11.3. The Labute approximate surface area is 108 Å². The Morgan fingerprint density at radius 3 is 2.67 bits per heavy atom. The van der Waals surface area contributed by atoms with E-state index in [9.17, 15) is 0 Å². The zero-order valence-electron chi connectivity index (χ0n) is 10.7. The van der Waals surface area contributed by atoms with Crippen molar-refractivity contribution in [2.75, 3.05) is 13.2 Å². The van der Waals surface area contributed by atoms with Crippen LogP contribution in [0.5, 0.6) is 11.5 Å². The molecule has 1 saturated carbocycles. The minimum Gasteiger partial charge on any atom is -0.490 e. The number of benzene rings is 1. The van der Waals surface area contributed by atoms with Crippen molar-refractivity contribution < 1.29 is 9.47 Å². The third-order valence-electron chi connectivity index (χ3n) is 3.25. The van der Waals surface area contributed by atoms with E-state index in [1.165, 1.54) is 19.3 Å². The predicted molar refractivity (Wildman–Crippen MR) is 71.5 cm³/mol. The number of nitrogen functional groups attached to an aromatic ring is 1. The first-order valence-electron chi connectivity index (χ1n) is 6.44. The van der Waals surface area contributed by atoms with Gasteiger partial charge in [-0.2, -0.15) is 0 Å². The number of amidine groups is 1.